The van der Waals surface area contributed by atoms with Crippen molar-refractivity contribution < 1.29 is 31.0 Å². The molecule has 2 aromatic rings. The van der Waals surface area contributed by atoms with Crippen molar-refractivity contribution in [3.05, 3.63) is 47.0 Å². The fourth-order valence-electron chi connectivity index (χ4n) is 5.10. The Labute approximate surface area is 245 Å². The molecule has 0 aromatic carbocycles. The Kier molecular flexibility index (Phi) is 9.11. The number of carbonyl (C=O) groups excluding carboxylic acids is 1. The van der Waals surface area contributed by atoms with Crippen molar-refractivity contribution in [1.82, 2.24) is 23.0 Å². The first kappa shape index (κ1) is 28.1. The number of thioether (sulfide) groups is 1. The second-order valence-electron chi connectivity index (χ2n) is 9.80. The molecule has 5 heterocycles. The number of rotatable bonds is 5. The monoisotopic (exact) mass is 769 g/mol. The van der Waals surface area contributed by atoms with E-state index >= 15 is 0 Å². The van der Waals surface area contributed by atoms with E-state index < -0.39 is 39.9 Å². The molecule has 2 aromatic heterocycles. The number of pyridine rings is 1. The fraction of sp³-hybridized carbons (Fsp3) is 0.600. The fourth-order valence-corrected chi connectivity index (χ4v) is 25.8. The Morgan fingerprint density at radius 2 is 2.08 bits per heavy atom. The van der Waals surface area contributed by atoms with Crippen molar-refractivity contribution in [2.75, 3.05) is 36.4 Å². The van der Waals surface area contributed by atoms with Gasteiger partial charge in [-0.15, -0.1) is 0 Å². The second-order valence-corrected chi connectivity index (χ2v) is 22.4. The number of thiol groups is 1. The zero-order chi connectivity index (χ0) is 26.2. The molecule has 12 heteroatoms. The summed E-state index contributed by atoms with van der Waals surface area (Å²) in [6.07, 6.45) is 8.80. The Hall–Kier alpha value is -0.420. The molecule has 2 fully saturated rings. The number of alkyl halides is 3. The van der Waals surface area contributed by atoms with Gasteiger partial charge in [-0.05, 0) is 0 Å². The molecule has 8 nitrogen and oxygen atoms in total. The van der Waals surface area contributed by atoms with E-state index in [1.54, 1.807) is 0 Å². The van der Waals surface area contributed by atoms with Gasteiger partial charge in [-0.1, -0.05) is 0 Å². The predicted molar refractivity (Wildman–Crippen MR) is 157 cm³/mol. The quantitative estimate of drug-likeness (QED) is 0.153. The van der Waals surface area contributed by atoms with Crippen LogP contribution in [-0.4, -0.2) is 75.9 Å². The van der Waals surface area contributed by atoms with Crippen LogP contribution in [-0.2, 0) is 25.3 Å². The molecule has 5 rings (SSSR count). The number of nitrogens with zero attached hydrogens (tertiary/aromatic N) is 5. The number of amides is 1. The summed E-state index contributed by atoms with van der Waals surface area (Å²) < 4.78 is 8.59. The van der Waals surface area contributed by atoms with Gasteiger partial charge in [-0.25, -0.2) is 0 Å². The number of anilines is 1. The molecule has 0 aliphatic carbocycles. The Bertz CT molecular complexity index is 1120. The number of ether oxygens (including phenoxy) is 1. The molecule has 204 valence electrons. The minimum atomic E-state index is -1.93. The summed E-state index contributed by atoms with van der Waals surface area (Å²) in [5.41, 5.74) is 4.28. The molecular formula is C25H35I2N6O2S2-. The van der Waals surface area contributed by atoms with E-state index in [0.29, 0.717) is 18.5 Å². The van der Waals surface area contributed by atoms with E-state index in [4.69, 9.17) is 19.5 Å². The maximum absolute atomic E-state index is 14.5. The second kappa shape index (κ2) is 12.0. The molecule has 2 saturated heterocycles. The molecule has 1 amide bonds. The van der Waals surface area contributed by atoms with Crippen LogP contribution in [0.3, 0.4) is 0 Å². The van der Waals surface area contributed by atoms with Gasteiger partial charge < -0.3 is 0 Å². The third kappa shape index (κ3) is 5.88. The van der Waals surface area contributed by atoms with Crippen LogP contribution in [0.5, 0.6) is 0 Å². The molecule has 0 saturated carbocycles. The Morgan fingerprint density at radius 3 is 2.78 bits per heavy atom. The van der Waals surface area contributed by atoms with E-state index in [-0.39, 0.29) is 18.6 Å². The summed E-state index contributed by atoms with van der Waals surface area (Å²) in [7, 11) is 7.39. The summed E-state index contributed by atoms with van der Waals surface area (Å²) in [5, 5.41) is 3.49. The number of carbonyl (C=O) groups is 1. The molecule has 3 atom stereocenters. The molecular weight excluding hydrogens is 734 g/mol. The topological polar surface area (TPSA) is 83.5 Å². The van der Waals surface area contributed by atoms with Gasteiger partial charge in [0, 0.05) is 0 Å². The molecule has 3 aliphatic rings. The zero-order valence-electron chi connectivity index (χ0n) is 21.7. The van der Waals surface area contributed by atoms with Gasteiger partial charge in [0.25, 0.3) is 0 Å². The van der Waals surface area contributed by atoms with Crippen LogP contribution in [0, 0.1) is 6.92 Å². The summed E-state index contributed by atoms with van der Waals surface area (Å²) in [5.74, 6) is 0.906. The van der Waals surface area contributed by atoms with Crippen molar-refractivity contribution in [2.24, 2.45) is 0 Å². The van der Waals surface area contributed by atoms with Gasteiger partial charge in [-0.2, -0.15) is 0 Å². The van der Waals surface area contributed by atoms with Gasteiger partial charge in [0.1, 0.15) is 0 Å². The van der Waals surface area contributed by atoms with Gasteiger partial charge in [-0.3, -0.25) is 0 Å². The molecule has 0 bridgehead atoms. The van der Waals surface area contributed by atoms with Crippen LogP contribution in [0.1, 0.15) is 42.3 Å². The van der Waals surface area contributed by atoms with Crippen LogP contribution in [0.4, 0.5) is 5.95 Å². The predicted octanol–water partition coefficient (Wildman–Crippen LogP) is 0.887. The van der Waals surface area contributed by atoms with Gasteiger partial charge >= 0.3 is 248 Å². The van der Waals surface area contributed by atoms with Crippen LogP contribution in [0.15, 0.2) is 24.5 Å². The van der Waals surface area contributed by atoms with Crippen LogP contribution >= 0.6 is 40.0 Å². The molecule has 3 aliphatic heterocycles. The molecule has 1 N–H and O–H groups in total. The Balaban J connectivity index is 1.43. The van der Waals surface area contributed by atoms with Crippen LogP contribution in [0.25, 0.3) is 0 Å². The number of hydrogen-bond donors (Lipinski definition) is 2. The van der Waals surface area contributed by atoms with Crippen LogP contribution in [0.2, 0.25) is 0 Å². The molecule has 37 heavy (non-hydrogen) atoms. The number of nitrogens with one attached hydrogen (secondary N) is 1. The van der Waals surface area contributed by atoms with E-state index in [9.17, 15) is 4.79 Å². The van der Waals surface area contributed by atoms with Crippen molar-refractivity contribution in [3.63, 3.8) is 0 Å². The van der Waals surface area contributed by atoms with E-state index in [2.05, 4.69) is 55.7 Å². The molecule has 0 unspecified atom stereocenters. The first-order valence-electron chi connectivity index (χ1n) is 12.5. The normalized spacial score (nSPS) is 28.4. The third-order valence-corrected chi connectivity index (χ3v) is 22.7. The SMILES string of the molecule is CS[C@]1(c2ccc(C)nc2)[I-]N(C)CI(S)[C@@H]1C(=O)N1Cc2nc(NC3CCOCC3)ncc2C[C@H]1C. The van der Waals surface area contributed by atoms with E-state index in [0.717, 1.165) is 54.0 Å². The van der Waals surface area contributed by atoms with E-state index in [1.165, 1.54) is 5.56 Å². The minimum absolute atomic E-state index is 0.0748. The standard InChI is InChI=1S/C25H35I2N6O2S2/c1-16-5-6-19(13-28-16)25(37-4)22(27(36)15-32(3)26-25)23(34)33-14-21-18(11-17(33)2)12-29-24(31-21)30-20-7-9-35-10-8-20/h5-6,12-13,17,20,22,36H,7-11,14-15H2,1-4H3,(H,29,30,31)/q-1/t17-,22-,25+/m1/s1. The zero-order valence-corrected chi connectivity index (χ0v) is 27.7. The van der Waals surface area contributed by atoms with Gasteiger partial charge in [0.05, 0.1) is 0 Å². The first-order chi connectivity index (χ1) is 17.8. The van der Waals surface area contributed by atoms with Gasteiger partial charge in [0.2, 0.25) is 0 Å². The summed E-state index contributed by atoms with van der Waals surface area (Å²) >= 11 is -0.541. The number of halogens is 2. The molecule has 0 spiro atoms. The first-order valence-corrected chi connectivity index (χ1v) is 21.8. The van der Waals surface area contributed by atoms with Crippen molar-refractivity contribution >= 4 is 51.9 Å². The summed E-state index contributed by atoms with van der Waals surface area (Å²) in [6.45, 7) is 6.23. The van der Waals surface area contributed by atoms with E-state index in [1.807, 2.05) is 31.1 Å². The number of aryl methyl sites for hydroxylation is 1. The Morgan fingerprint density at radius 1 is 1.30 bits per heavy atom. The van der Waals surface area contributed by atoms with Crippen molar-refractivity contribution in [3.8, 4) is 0 Å². The maximum atomic E-state index is 14.5. The van der Waals surface area contributed by atoms with Crippen molar-refractivity contribution in [2.45, 2.75) is 58.4 Å². The summed E-state index contributed by atoms with van der Waals surface area (Å²) in [6, 6.07) is 4.70. The third-order valence-electron chi connectivity index (χ3n) is 7.11. The van der Waals surface area contributed by atoms with Crippen LogP contribution < -0.4 is 26.8 Å². The van der Waals surface area contributed by atoms with Gasteiger partial charge in [0.15, 0.2) is 0 Å². The van der Waals surface area contributed by atoms with Crippen molar-refractivity contribution in [1.29, 1.82) is 0 Å². The average molecular weight is 770 g/mol. The number of hydrogen-bond acceptors (Lipinski definition) is 9. The summed E-state index contributed by atoms with van der Waals surface area (Å²) in [4.78, 5) is 30.7. The number of aromatic nitrogens is 3. The number of fused-ring (bicyclic) bond motifs is 1. The average Bonchev–Trinajstić information content (AvgIpc) is 2.88. The molecule has 0 radical (unpaired) electrons.